The van der Waals surface area contributed by atoms with Crippen molar-refractivity contribution in [3.05, 3.63) is 42.5 Å². The Morgan fingerprint density at radius 1 is 1.05 bits per heavy atom. The Labute approximate surface area is 131 Å². The molecule has 2 aliphatic rings. The summed E-state index contributed by atoms with van der Waals surface area (Å²) in [4.78, 5) is 18.1. The Balaban J connectivity index is 1.57. The molecule has 2 unspecified atom stereocenters. The fraction of sp³-hybridized carbons (Fsp3) is 0.471. The zero-order valence-electron chi connectivity index (χ0n) is 12.9. The van der Waals surface area contributed by atoms with Gasteiger partial charge in [0.25, 0.3) is 0 Å². The third-order valence-electron chi connectivity index (χ3n) is 4.92. The third kappa shape index (κ3) is 2.40. The Kier molecular flexibility index (Phi) is 3.41. The van der Waals surface area contributed by atoms with Crippen LogP contribution >= 0.6 is 0 Å². The second-order valence-corrected chi connectivity index (χ2v) is 6.25. The van der Waals surface area contributed by atoms with Gasteiger partial charge in [0.15, 0.2) is 0 Å². The lowest BCUT2D eigenvalue weighted by molar-refractivity contribution is 0.388. The van der Waals surface area contributed by atoms with Crippen LogP contribution in [-0.2, 0) is 0 Å². The number of fused-ring (bicyclic) bond motifs is 1. The molecular weight excluding hydrogens is 274 g/mol. The first kappa shape index (κ1) is 13.5. The summed E-state index contributed by atoms with van der Waals surface area (Å²) in [6.07, 6.45) is 6.06. The molecule has 0 bridgehead atoms. The molecule has 4 heterocycles. The maximum atomic E-state index is 4.55. The minimum Gasteiger partial charge on any atom is -0.354 e. The van der Waals surface area contributed by atoms with Gasteiger partial charge in [-0.2, -0.15) is 0 Å². The van der Waals surface area contributed by atoms with Crippen molar-refractivity contribution in [3.63, 3.8) is 0 Å². The summed E-state index contributed by atoms with van der Waals surface area (Å²) in [7, 11) is 0. The van der Waals surface area contributed by atoms with Crippen LogP contribution < -0.4 is 9.80 Å². The highest BCUT2D eigenvalue weighted by molar-refractivity contribution is 5.45. The molecule has 0 saturated carbocycles. The van der Waals surface area contributed by atoms with Crippen LogP contribution in [0.4, 0.5) is 11.6 Å². The summed E-state index contributed by atoms with van der Waals surface area (Å²) < 4.78 is 0. The van der Waals surface area contributed by atoms with Gasteiger partial charge in [-0.3, -0.25) is 0 Å². The van der Waals surface area contributed by atoms with E-state index in [1.165, 1.54) is 12.8 Å². The van der Waals surface area contributed by atoms with Gasteiger partial charge in [-0.05, 0) is 37.8 Å². The first-order chi connectivity index (χ1) is 10.8. The van der Waals surface area contributed by atoms with E-state index in [1.54, 1.807) is 6.33 Å². The average Bonchev–Trinajstić information content (AvgIpc) is 2.99. The van der Waals surface area contributed by atoms with Crippen molar-refractivity contribution in [2.24, 2.45) is 5.92 Å². The van der Waals surface area contributed by atoms with Gasteiger partial charge in [-0.1, -0.05) is 6.07 Å². The molecule has 0 aliphatic carbocycles. The summed E-state index contributed by atoms with van der Waals surface area (Å²) >= 11 is 0. The van der Waals surface area contributed by atoms with Crippen molar-refractivity contribution in [2.45, 2.75) is 25.8 Å². The van der Waals surface area contributed by atoms with Gasteiger partial charge < -0.3 is 9.80 Å². The highest BCUT2D eigenvalue weighted by Crippen LogP contribution is 2.35. The molecule has 114 valence electrons. The normalized spacial score (nSPS) is 24.4. The van der Waals surface area contributed by atoms with Gasteiger partial charge in [0, 0.05) is 37.6 Å². The van der Waals surface area contributed by atoms with Crippen LogP contribution in [0.1, 0.15) is 18.5 Å². The Hall–Kier alpha value is -2.17. The fourth-order valence-electron chi connectivity index (χ4n) is 3.77. The van der Waals surface area contributed by atoms with Gasteiger partial charge in [-0.25, -0.2) is 15.0 Å². The molecule has 0 aromatic carbocycles. The summed E-state index contributed by atoms with van der Waals surface area (Å²) in [5, 5.41) is 0. The molecule has 0 spiro atoms. The van der Waals surface area contributed by atoms with Crippen LogP contribution in [0.3, 0.4) is 0 Å². The van der Waals surface area contributed by atoms with Crippen LogP contribution in [0.5, 0.6) is 0 Å². The van der Waals surface area contributed by atoms with Crippen LogP contribution in [0, 0.1) is 12.8 Å². The Morgan fingerprint density at radius 3 is 2.77 bits per heavy atom. The number of aryl methyl sites for hydroxylation is 1. The molecule has 0 amide bonds. The zero-order chi connectivity index (χ0) is 14.9. The number of piperidine rings is 1. The van der Waals surface area contributed by atoms with E-state index in [4.69, 9.17) is 0 Å². The minimum atomic E-state index is 0.541. The van der Waals surface area contributed by atoms with Crippen molar-refractivity contribution in [2.75, 3.05) is 29.4 Å². The smallest absolute Gasteiger partial charge is 0.132 e. The van der Waals surface area contributed by atoms with Crippen molar-refractivity contribution in [1.82, 2.24) is 15.0 Å². The van der Waals surface area contributed by atoms with E-state index in [9.17, 15) is 0 Å². The number of hydrogen-bond donors (Lipinski definition) is 0. The predicted molar refractivity (Wildman–Crippen MR) is 87.1 cm³/mol. The number of hydrogen-bond acceptors (Lipinski definition) is 5. The largest absolute Gasteiger partial charge is 0.354 e. The molecule has 22 heavy (non-hydrogen) atoms. The van der Waals surface area contributed by atoms with E-state index >= 15 is 0 Å². The van der Waals surface area contributed by atoms with Crippen molar-refractivity contribution in [3.8, 4) is 0 Å². The number of pyridine rings is 1. The molecule has 2 aromatic heterocycles. The molecule has 2 aliphatic heterocycles. The highest BCUT2D eigenvalue weighted by Gasteiger charge is 2.39. The SMILES string of the molecule is Cc1cc(N2CCC3CCN(c4ccccn4)C3C2)ncn1. The molecular formula is C17H21N5. The Morgan fingerprint density at radius 2 is 1.95 bits per heavy atom. The maximum absolute atomic E-state index is 4.55. The second-order valence-electron chi connectivity index (χ2n) is 6.25. The molecule has 5 nitrogen and oxygen atoms in total. The first-order valence-corrected chi connectivity index (χ1v) is 8.02. The van der Waals surface area contributed by atoms with Crippen LogP contribution in [-0.4, -0.2) is 40.6 Å². The number of rotatable bonds is 2. The van der Waals surface area contributed by atoms with Crippen molar-refractivity contribution in [1.29, 1.82) is 0 Å². The summed E-state index contributed by atoms with van der Waals surface area (Å²) in [6, 6.07) is 8.80. The van der Waals surface area contributed by atoms with E-state index in [-0.39, 0.29) is 0 Å². The van der Waals surface area contributed by atoms with Gasteiger partial charge >= 0.3 is 0 Å². The van der Waals surface area contributed by atoms with E-state index in [0.717, 1.165) is 42.9 Å². The van der Waals surface area contributed by atoms with E-state index in [0.29, 0.717) is 6.04 Å². The molecule has 2 atom stereocenters. The van der Waals surface area contributed by atoms with Crippen molar-refractivity contribution < 1.29 is 0 Å². The second kappa shape index (κ2) is 5.55. The zero-order valence-corrected chi connectivity index (χ0v) is 12.9. The van der Waals surface area contributed by atoms with Crippen LogP contribution in [0.2, 0.25) is 0 Å². The fourth-order valence-corrected chi connectivity index (χ4v) is 3.77. The van der Waals surface area contributed by atoms with Gasteiger partial charge in [0.1, 0.15) is 18.0 Å². The summed E-state index contributed by atoms with van der Waals surface area (Å²) in [6.45, 7) is 5.25. The molecule has 2 saturated heterocycles. The van der Waals surface area contributed by atoms with E-state index in [1.807, 2.05) is 19.2 Å². The first-order valence-electron chi connectivity index (χ1n) is 8.02. The molecule has 2 aromatic rings. The Bertz CT molecular complexity index is 645. The molecule has 0 radical (unpaired) electrons. The minimum absolute atomic E-state index is 0.541. The third-order valence-corrected chi connectivity index (χ3v) is 4.92. The topological polar surface area (TPSA) is 45.2 Å². The number of nitrogens with zero attached hydrogens (tertiary/aromatic N) is 5. The molecule has 2 fully saturated rings. The van der Waals surface area contributed by atoms with Gasteiger partial charge in [0.05, 0.1) is 6.04 Å². The van der Waals surface area contributed by atoms with Gasteiger partial charge in [0.2, 0.25) is 0 Å². The molecule has 4 rings (SSSR count). The van der Waals surface area contributed by atoms with Crippen molar-refractivity contribution >= 4 is 11.6 Å². The summed E-state index contributed by atoms with van der Waals surface area (Å²) in [5.74, 6) is 2.94. The monoisotopic (exact) mass is 295 g/mol. The maximum Gasteiger partial charge on any atom is 0.132 e. The lowest BCUT2D eigenvalue weighted by atomic mass is 9.92. The quantitative estimate of drug-likeness (QED) is 0.850. The average molecular weight is 295 g/mol. The summed E-state index contributed by atoms with van der Waals surface area (Å²) in [5.41, 5.74) is 1.03. The highest BCUT2D eigenvalue weighted by atomic mass is 15.3. The lowest BCUT2D eigenvalue weighted by Gasteiger charge is -2.39. The van der Waals surface area contributed by atoms with E-state index in [2.05, 4.69) is 43.0 Å². The predicted octanol–water partition coefficient (Wildman–Crippen LogP) is 2.29. The van der Waals surface area contributed by atoms with Crippen LogP contribution in [0.25, 0.3) is 0 Å². The van der Waals surface area contributed by atoms with Gasteiger partial charge in [-0.15, -0.1) is 0 Å². The van der Waals surface area contributed by atoms with E-state index < -0.39 is 0 Å². The number of aromatic nitrogens is 3. The standard InChI is InChI=1S/C17H21N5/c1-13-10-17(20-12-19-13)21-8-5-14-6-9-22(15(14)11-21)16-4-2-3-7-18-16/h2-4,7,10,12,14-15H,5-6,8-9,11H2,1H3. The van der Waals surface area contributed by atoms with Crippen LogP contribution in [0.15, 0.2) is 36.8 Å². The molecule has 0 N–H and O–H groups in total. The number of anilines is 2. The lowest BCUT2D eigenvalue weighted by Crippen LogP contribution is -2.48. The molecule has 5 heteroatoms.